The van der Waals surface area contributed by atoms with Crippen molar-refractivity contribution in [2.75, 3.05) is 4.90 Å². The molecule has 236 valence electrons. The maximum atomic E-state index is 5.22. The van der Waals surface area contributed by atoms with Crippen LogP contribution in [0, 0.1) is 0 Å². The number of fused-ring (bicyclic) bond motifs is 2. The SMILES string of the molecule is CC1(C)c2ccccc2N(c2ccc3ccc4c(-c5cc(-c6ccccc6)nc(-c6ccccc6)n5)ccc5ccc2c3c54)c2ccccc21. The van der Waals surface area contributed by atoms with Gasteiger partial charge in [-0.3, -0.25) is 0 Å². The first kappa shape index (κ1) is 28.7. The largest absolute Gasteiger partial charge is 0.309 e. The predicted molar refractivity (Wildman–Crippen MR) is 209 cm³/mol. The molecule has 50 heavy (non-hydrogen) atoms. The highest BCUT2D eigenvalue weighted by atomic mass is 15.2. The molecule has 1 aliphatic rings. The average molecular weight is 640 g/mol. The fraction of sp³-hybridized carbons (Fsp3) is 0.0638. The van der Waals surface area contributed by atoms with E-state index in [-0.39, 0.29) is 5.41 Å². The second kappa shape index (κ2) is 10.8. The number of para-hydroxylation sites is 2. The molecule has 9 aromatic rings. The summed E-state index contributed by atoms with van der Waals surface area (Å²) in [6.07, 6.45) is 0. The van der Waals surface area contributed by atoms with Crippen LogP contribution in [0.15, 0.2) is 164 Å². The van der Waals surface area contributed by atoms with Gasteiger partial charge in [0, 0.05) is 27.5 Å². The van der Waals surface area contributed by atoms with E-state index in [4.69, 9.17) is 9.97 Å². The maximum absolute atomic E-state index is 5.22. The zero-order valence-electron chi connectivity index (χ0n) is 27.9. The van der Waals surface area contributed by atoms with Gasteiger partial charge in [0.1, 0.15) is 0 Å². The lowest BCUT2D eigenvalue weighted by Gasteiger charge is -2.42. The van der Waals surface area contributed by atoms with Crippen molar-refractivity contribution >= 4 is 49.4 Å². The van der Waals surface area contributed by atoms with Gasteiger partial charge in [0.15, 0.2) is 5.82 Å². The van der Waals surface area contributed by atoms with Crippen LogP contribution in [0.2, 0.25) is 0 Å². The number of nitrogens with zero attached hydrogens (tertiary/aromatic N) is 3. The number of benzene rings is 8. The van der Waals surface area contributed by atoms with E-state index in [9.17, 15) is 0 Å². The van der Waals surface area contributed by atoms with E-state index in [1.165, 1.54) is 60.5 Å². The van der Waals surface area contributed by atoms with Crippen LogP contribution in [0.5, 0.6) is 0 Å². The molecule has 1 aromatic heterocycles. The van der Waals surface area contributed by atoms with Crippen molar-refractivity contribution in [3.63, 3.8) is 0 Å². The number of hydrogen-bond acceptors (Lipinski definition) is 3. The number of aromatic nitrogens is 2. The quantitative estimate of drug-likeness (QED) is 0.179. The summed E-state index contributed by atoms with van der Waals surface area (Å²) in [6.45, 7) is 4.68. The van der Waals surface area contributed by atoms with E-state index >= 15 is 0 Å². The first-order chi connectivity index (χ1) is 24.6. The Morgan fingerprint density at radius 3 is 1.64 bits per heavy atom. The minimum absolute atomic E-state index is 0.114. The normalized spacial score (nSPS) is 13.5. The van der Waals surface area contributed by atoms with Gasteiger partial charge >= 0.3 is 0 Å². The van der Waals surface area contributed by atoms with Gasteiger partial charge in [-0.2, -0.15) is 0 Å². The zero-order chi connectivity index (χ0) is 33.4. The first-order valence-electron chi connectivity index (χ1n) is 17.3. The Bertz CT molecular complexity index is 2620. The Labute approximate surface area is 291 Å². The van der Waals surface area contributed by atoms with Gasteiger partial charge in [-0.05, 0) is 62.3 Å². The van der Waals surface area contributed by atoms with Gasteiger partial charge < -0.3 is 4.90 Å². The summed E-state index contributed by atoms with van der Waals surface area (Å²) in [5.74, 6) is 0.722. The van der Waals surface area contributed by atoms with Crippen molar-refractivity contribution in [2.24, 2.45) is 0 Å². The molecule has 0 amide bonds. The summed E-state index contributed by atoms with van der Waals surface area (Å²) in [5.41, 5.74) is 11.2. The van der Waals surface area contributed by atoms with E-state index in [2.05, 4.69) is 158 Å². The molecular formula is C47H33N3. The topological polar surface area (TPSA) is 29.0 Å². The fourth-order valence-corrected chi connectivity index (χ4v) is 8.19. The second-order valence-corrected chi connectivity index (χ2v) is 13.8. The highest BCUT2D eigenvalue weighted by Gasteiger charge is 2.37. The molecule has 0 spiro atoms. The minimum atomic E-state index is -0.114. The lowest BCUT2D eigenvalue weighted by Crippen LogP contribution is -2.30. The van der Waals surface area contributed by atoms with Gasteiger partial charge in [0.05, 0.1) is 28.5 Å². The molecule has 2 heterocycles. The molecule has 8 aromatic carbocycles. The summed E-state index contributed by atoms with van der Waals surface area (Å²) in [6, 6.07) is 58.8. The van der Waals surface area contributed by atoms with Gasteiger partial charge in [-0.15, -0.1) is 0 Å². The van der Waals surface area contributed by atoms with Crippen molar-refractivity contribution in [2.45, 2.75) is 19.3 Å². The summed E-state index contributed by atoms with van der Waals surface area (Å²) in [7, 11) is 0. The van der Waals surface area contributed by atoms with Gasteiger partial charge in [0.2, 0.25) is 0 Å². The van der Waals surface area contributed by atoms with Crippen LogP contribution in [0.1, 0.15) is 25.0 Å². The van der Waals surface area contributed by atoms with Crippen molar-refractivity contribution in [3.05, 3.63) is 175 Å². The molecule has 0 fully saturated rings. The molecule has 0 saturated heterocycles. The third-order valence-electron chi connectivity index (χ3n) is 10.6. The number of hydrogen-bond donors (Lipinski definition) is 0. The standard InChI is InChI=1S/C47H33N3/c1-47(2)37-17-9-11-19-42(37)50(43-20-12-10-18-38(43)47)41-28-24-32-22-26-35-34(25-21-31-23-27-36(41)45(32)44(31)35)40-29-39(30-13-5-3-6-14-30)48-46(49-40)33-15-7-4-8-16-33/h3-29H,1-2H3. The Morgan fingerprint density at radius 1 is 0.440 bits per heavy atom. The molecule has 0 unspecified atom stereocenters. The fourth-order valence-electron chi connectivity index (χ4n) is 8.19. The van der Waals surface area contributed by atoms with Crippen molar-refractivity contribution in [3.8, 4) is 33.9 Å². The summed E-state index contributed by atoms with van der Waals surface area (Å²) >= 11 is 0. The van der Waals surface area contributed by atoms with Crippen molar-refractivity contribution in [1.29, 1.82) is 0 Å². The molecule has 3 heteroatoms. The summed E-state index contributed by atoms with van der Waals surface area (Å²) < 4.78 is 0. The molecule has 10 rings (SSSR count). The van der Waals surface area contributed by atoms with E-state index < -0.39 is 0 Å². The van der Waals surface area contributed by atoms with Crippen molar-refractivity contribution in [1.82, 2.24) is 9.97 Å². The monoisotopic (exact) mass is 639 g/mol. The van der Waals surface area contributed by atoms with E-state index in [1.807, 2.05) is 24.3 Å². The molecule has 3 nitrogen and oxygen atoms in total. The van der Waals surface area contributed by atoms with Crippen LogP contribution in [-0.4, -0.2) is 9.97 Å². The van der Waals surface area contributed by atoms with Crippen LogP contribution >= 0.6 is 0 Å². The molecule has 0 radical (unpaired) electrons. The van der Waals surface area contributed by atoms with Crippen LogP contribution in [0.3, 0.4) is 0 Å². The zero-order valence-corrected chi connectivity index (χ0v) is 27.9. The molecule has 0 atom stereocenters. The Balaban J connectivity index is 1.23. The predicted octanol–water partition coefficient (Wildman–Crippen LogP) is 12.5. The molecule has 0 saturated carbocycles. The average Bonchev–Trinajstić information content (AvgIpc) is 3.18. The van der Waals surface area contributed by atoms with Gasteiger partial charge in [-0.1, -0.05) is 153 Å². The highest BCUT2D eigenvalue weighted by Crippen LogP contribution is 2.53. The molecule has 0 aliphatic carbocycles. The highest BCUT2D eigenvalue weighted by molar-refractivity contribution is 6.28. The molecule has 1 aliphatic heterocycles. The Kier molecular flexibility index (Phi) is 6.22. The van der Waals surface area contributed by atoms with Crippen LogP contribution in [0.4, 0.5) is 17.1 Å². The third-order valence-corrected chi connectivity index (χ3v) is 10.6. The van der Waals surface area contributed by atoms with E-state index in [0.717, 1.165) is 33.9 Å². The third kappa shape index (κ3) is 4.23. The van der Waals surface area contributed by atoms with Gasteiger partial charge in [0.25, 0.3) is 0 Å². The van der Waals surface area contributed by atoms with Crippen molar-refractivity contribution < 1.29 is 0 Å². The smallest absolute Gasteiger partial charge is 0.160 e. The van der Waals surface area contributed by atoms with Crippen LogP contribution < -0.4 is 4.90 Å². The Morgan fingerprint density at radius 2 is 0.960 bits per heavy atom. The van der Waals surface area contributed by atoms with E-state index in [1.54, 1.807) is 0 Å². The number of rotatable bonds is 4. The Hall–Kier alpha value is -6.32. The van der Waals surface area contributed by atoms with Crippen LogP contribution in [0.25, 0.3) is 66.2 Å². The van der Waals surface area contributed by atoms with Crippen LogP contribution in [-0.2, 0) is 5.41 Å². The van der Waals surface area contributed by atoms with E-state index in [0.29, 0.717) is 0 Å². The summed E-state index contributed by atoms with van der Waals surface area (Å²) in [4.78, 5) is 12.7. The lowest BCUT2D eigenvalue weighted by atomic mass is 9.73. The first-order valence-corrected chi connectivity index (χ1v) is 17.3. The number of anilines is 3. The summed E-state index contributed by atoms with van der Waals surface area (Å²) in [5, 5.41) is 7.42. The molecular weight excluding hydrogens is 607 g/mol. The minimum Gasteiger partial charge on any atom is -0.309 e. The maximum Gasteiger partial charge on any atom is 0.160 e. The van der Waals surface area contributed by atoms with Gasteiger partial charge in [-0.25, -0.2) is 9.97 Å². The molecule has 0 N–H and O–H groups in total. The molecule has 0 bridgehead atoms. The second-order valence-electron chi connectivity index (χ2n) is 13.8. The lowest BCUT2D eigenvalue weighted by molar-refractivity contribution is 0.632.